The van der Waals surface area contributed by atoms with Gasteiger partial charge in [-0.25, -0.2) is 8.42 Å². The van der Waals surface area contributed by atoms with Crippen molar-refractivity contribution < 1.29 is 13.3 Å². The molecule has 1 atom stereocenters. The summed E-state index contributed by atoms with van der Waals surface area (Å²) >= 11 is 0. The fourth-order valence-electron chi connectivity index (χ4n) is 3.98. The number of benzene rings is 3. The van der Waals surface area contributed by atoms with Crippen molar-refractivity contribution >= 4 is 27.1 Å². The Labute approximate surface area is 193 Å². The molecular formula is C24H26N4O4S. The molecule has 0 amide bonds. The highest BCUT2D eigenvalue weighted by Gasteiger charge is 2.29. The fourth-order valence-corrected chi connectivity index (χ4v) is 5.43. The van der Waals surface area contributed by atoms with Gasteiger partial charge < -0.3 is 10.2 Å². The molecule has 9 heteroatoms. The second-order valence-electron chi connectivity index (χ2n) is 7.94. The molecular weight excluding hydrogens is 440 g/mol. The maximum Gasteiger partial charge on any atom is 0.292 e. The number of anilines is 2. The first-order chi connectivity index (χ1) is 15.9. The minimum atomic E-state index is -3.54. The van der Waals surface area contributed by atoms with Crippen molar-refractivity contribution in [3.63, 3.8) is 0 Å². The van der Waals surface area contributed by atoms with Gasteiger partial charge in [-0.05, 0) is 36.8 Å². The van der Waals surface area contributed by atoms with Gasteiger partial charge in [0.15, 0.2) is 0 Å². The first-order valence-corrected chi connectivity index (χ1v) is 12.2. The largest absolute Gasteiger partial charge is 0.373 e. The number of sulfonamides is 1. The lowest BCUT2D eigenvalue weighted by Crippen LogP contribution is -2.48. The topological polar surface area (TPSA) is 95.8 Å². The van der Waals surface area contributed by atoms with Crippen LogP contribution in [0.2, 0.25) is 0 Å². The third kappa shape index (κ3) is 4.99. The standard InChI is InChI=1S/C24H26N4O4S/c1-19(20-8-4-2-5-9-20)25-23-18-21(12-13-24(23)28(29)30)26-14-16-27(17-15-26)33(31,32)22-10-6-3-7-11-22/h2-13,18-19,25H,14-17H2,1H3. The molecule has 1 aliphatic heterocycles. The molecule has 0 spiro atoms. The number of piperazine rings is 1. The normalized spacial score (nSPS) is 15.7. The number of nitrogens with zero attached hydrogens (tertiary/aromatic N) is 3. The van der Waals surface area contributed by atoms with Crippen molar-refractivity contribution in [1.29, 1.82) is 0 Å². The zero-order valence-corrected chi connectivity index (χ0v) is 19.1. The Morgan fingerprint density at radius 1 is 0.909 bits per heavy atom. The Kier molecular flexibility index (Phi) is 6.62. The van der Waals surface area contributed by atoms with E-state index in [1.807, 2.05) is 37.3 Å². The molecule has 3 aromatic carbocycles. The van der Waals surface area contributed by atoms with E-state index in [1.54, 1.807) is 42.5 Å². The SMILES string of the molecule is CC(Nc1cc(N2CCN(S(=O)(=O)c3ccccc3)CC2)ccc1[N+](=O)[O-])c1ccccc1. The lowest BCUT2D eigenvalue weighted by atomic mass is 10.1. The van der Waals surface area contributed by atoms with E-state index in [0.29, 0.717) is 31.9 Å². The highest BCUT2D eigenvalue weighted by atomic mass is 32.2. The van der Waals surface area contributed by atoms with E-state index in [0.717, 1.165) is 11.3 Å². The van der Waals surface area contributed by atoms with Crippen LogP contribution < -0.4 is 10.2 Å². The van der Waals surface area contributed by atoms with Gasteiger partial charge in [-0.3, -0.25) is 10.1 Å². The van der Waals surface area contributed by atoms with E-state index in [1.165, 1.54) is 10.4 Å². The van der Waals surface area contributed by atoms with Crippen LogP contribution in [0.15, 0.2) is 83.8 Å². The van der Waals surface area contributed by atoms with Crippen LogP contribution in [0, 0.1) is 10.1 Å². The van der Waals surface area contributed by atoms with E-state index in [-0.39, 0.29) is 16.6 Å². The quantitative estimate of drug-likeness (QED) is 0.412. The van der Waals surface area contributed by atoms with E-state index >= 15 is 0 Å². The zero-order valence-electron chi connectivity index (χ0n) is 18.3. The summed E-state index contributed by atoms with van der Waals surface area (Å²) in [7, 11) is -3.54. The van der Waals surface area contributed by atoms with Gasteiger partial charge in [0.2, 0.25) is 10.0 Å². The van der Waals surface area contributed by atoms with Crippen LogP contribution in [0.25, 0.3) is 0 Å². The summed E-state index contributed by atoms with van der Waals surface area (Å²) in [5.41, 5.74) is 2.29. The Morgan fingerprint density at radius 3 is 2.12 bits per heavy atom. The molecule has 0 aromatic heterocycles. The van der Waals surface area contributed by atoms with Gasteiger partial charge in [0, 0.05) is 44.0 Å². The van der Waals surface area contributed by atoms with Crippen LogP contribution in [0.3, 0.4) is 0 Å². The summed E-state index contributed by atoms with van der Waals surface area (Å²) in [5, 5.41) is 14.9. The minimum Gasteiger partial charge on any atom is -0.373 e. The third-order valence-corrected chi connectivity index (χ3v) is 7.75. The lowest BCUT2D eigenvalue weighted by Gasteiger charge is -2.35. The molecule has 172 valence electrons. The molecule has 1 aliphatic rings. The molecule has 3 aromatic rings. The summed E-state index contributed by atoms with van der Waals surface area (Å²) < 4.78 is 27.3. The Hall–Kier alpha value is -3.43. The molecule has 1 saturated heterocycles. The third-order valence-electron chi connectivity index (χ3n) is 5.83. The van der Waals surface area contributed by atoms with Gasteiger partial charge in [0.25, 0.3) is 5.69 Å². The van der Waals surface area contributed by atoms with Gasteiger partial charge in [-0.2, -0.15) is 4.31 Å². The average molecular weight is 467 g/mol. The molecule has 0 bridgehead atoms. The van der Waals surface area contributed by atoms with Crippen LogP contribution >= 0.6 is 0 Å². The van der Waals surface area contributed by atoms with Gasteiger partial charge in [-0.1, -0.05) is 48.5 Å². The summed E-state index contributed by atoms with van der Waals surface area (Å²) in [6.07, 6.45) is 0. The Balaban J connectivity index is 1.51. The number of nitro groups is 1. The lowest BCUT2D eigenvalue weighted by molar-refractivity contribution is -0.384. The van der Waals surface area contributed by atoms with Crippen LogP contribution in [0.5, 0.6) is 0 Å². The van der Waals surface area contributed by atoms with Crippen LogP contribution in [-0.2, 0) is 10.0 Å². The maximum absolute atomic E-state index is 12.9. The number of nitro benzene ring substituents is 1. The number of nitrogens with one attached hydrogen (secondary N) is 1. The first kappa shape index (κ1) is 22.8. The molecule has 0 radical (unpaired) electrons. The van der Waals surface area contributed by atoms with Crippen molar-refractivity contribution in [3.8, 4) is 0 Å². The minimum absolute atomic E-state index is 0.00632. The van der Waals surface area contributed by atoms with Gasteiger partial charge in [0.05, 0.1) is 9.82 Å². The predicted octanol–water partition coefficient (Wildman–Crippen LogP) is 4.28. The molecule has 0 saturated carbocycles. The summed E-state index contributed by atoms with van der Waals surface area (Å²) in [6, 6.07) is 23.0. The molecule has 1 N–H and O–H groups in total. The summed E-state index contributed by atoms with van der Waals surface area (Å²) in [6.45, 7) is 3.64. The first-order valence-electron chi connectivity index (χ1n) is 10.8. The fraction of sp³-hybridized carbons (Fsp3) is 0.250. The van der Waals surface area contributed by atoms with E-state index in [2.05, 4.69) is 10.2 Å². The zero-order chi connectivity index (χ0) is 23.4. The molecule has 1 fully saturated rings. The van der Waals surface area contributed by atoms with E-state index in [4.69, 9.17) is 0 Å². The summed E-state index contributed by atoms with van der Waals surface area (Å²) in [5.74, 6) is 0. The van der Waals surface area contributed by atoms with Crippen molar-refractivity contribution in [3.05, 3.63) is 94.5 Å². The maximum atomic E-state index is 12.9. The Morgan fingerprint density at radius 2 is 1.52 bits per heavy atom. The van der Waals surface area contributed by atoms with Crippen molar-refractivity contribution in [2.45, 2.75) is 17.9 Å². The molecule has 33 heavy (non-hydrogen) atoms. The van der Waals surface area contributed by atoms with E-state index < -0.39 is 14.9 Å². The average Bonchev–Trinajstić information content (AvgIpc) is 2.85. The highest BCUT2D eigenvalue weighted by molar-refractivity contribution is 7.89. The monoisotopic (exact) mass is 466 g/mol. The van der Waals surface area contributed by atoms with Crippen molar-refractivity contribution in [2.24, 2.45) is 0 Å². The van der Waals surface area contributed by atoms with E-state index in [9.17, 15) is 18.5 Å². The van der Waals surface area contributed by atoms with Crippen molar-refractivity contribution in [2.75, 3.05) is 36.4 Å². The number of hydrogen-bond donors (Lipinski definition) is 1. The van der Waals surface area contributed by atoms with Crippen LogP contribution in [0.4, 0.5) is 17.1 Å². The van der Waals surface area contributed by atoms with Crippen LogP contribution in [-0.4, -0.2) is 43.8 Å². The van der Waals surface area contributed by atoms with Gasteiger partial charge in [-0.15, -0.1) is 0 Å². The van der Waals surface area contributed by atoms with Crippen molar-refractivity contribution in [1.82, 2.24) is 4.31 Å². The van der Waals surface area contributed by atoms with Crippen LogP contribution in [0.1, 0.15) is 18.5 Å². The molecule has 4 rings (SSSR count). The number of rotatable bonds is 7. The second-order valence-corrected chi connectivity index (χ2v) is 9.88. The van der Waals surface area contributed by atoms with Gasteiger partial charge >= 0.3 is 0 Å². The smallest absolute Gasteiger partial charge is 0.292 e. The molecule has 0 aliphatic carbocycles. The Bertz CT molecular complexity index is 1210. The molecule has 1 heterocycles. The summed E-state index contributed by atoms with van der Waals surface area (Å²) in [4.78, 5) is 13.5. The molecule has 1 unspecified atom stereocenters. The predicted molar refractivity (Wildman–Crippen MR) is 129 cm³/mol. The highest BCUT2D eigenvalue weighted by Crippen LogP contribution is 2.33. The molecule has 8 nitrogen and oxygen atoms in total. The number of hydrogen-bond acceptors (Lipinski definition) is 6. The second kappa shape index (κ2) is 9.60. The van der Waals surface area contributed by atoms with Gasteiger partial charge in [0.1, 0.15) is 5.69 Å².